The summed E-state index contributed by atoms with van der Waals surface area (Å²) in [5.74, 6) is -1.54. The molecule has 0 atom stereocenters. The van der Waals surface area contributed by atoms with E-state index in [0.717, 1.165) is 19.2 Å². The number of aromatic nitrogens is 1. The van der Waals surface area contributed by atoms with Gasteiger partial charge in [0.1, 0.15) is 11.5 Å². The lowest BCUT2D eigenvalue weighted by Gasteiger charge is -1.97. The van der Waals surface area contributed by atoms with Gasteiger partial charge in [0.2, 0.25) is 0 Å². The van der Waals surface area contributed by atoms with Crippen LogP contribution in [0.15, 0.2) is 16.9 Å². The number of esters is 1. The molecule has 0 aliphatic heterocycles. The molecule has 12 heavy (non-hydrogen) atoms. The second-order valence-electron chi connectivity index (χ2n) is 2.07. The first kappa shape index (κ1) is 8.45. The number of methoxy groups -OCH3 is 1. The fourth-order valence-corrected chi connectivity index (χ4v) is 0.730. The zero-order valence-electron chi connectivity index (χ0n) is 6.26. The van der Waals surface area contributed by atoms with Crippen LogP contribution in [-0.2, 0) is 4.74 Å². The first-order valence-electron chi connectivity index (χ1n) is 3.11. The van der Waals surface area contributed by atoms with E-state index in [2.05, 4.69) is 9.72 Å². The lowest BCUT2D eigenvalue weighted by atomic mass is 10.3. The average molecular weight is 171 g/mol. The molecule has 0 aliphatic carbocycles. The number of rotatable bonds is 1. The normalized spacial score (nSPS) is 9.50. The predicted octanol–water partition coefficient (Wildman–Crippen LogP) is 0.301. The number of pyridine rings is 1. The minimum atomic E-state index is -0.772. The van der Waals surface area contributed by atoms with E-state index in [1.807, 2.05) is 0 Å². The van der Waals surface area contributed by atoms with Crippen LogP contribution >= 0.6 is 0 Å². The van der Waals surface area contributed by atoms with Gasteiger partial charge in [-0.15, -0.1) is 0 Å². The maximum atomic E-state index is 12.5. The molecule has 0 unspecified atom stereocenters. The molecular weight excluding hydrogens is 165 g/mol. The van der Waals surface area contributed by atoms with Crippen molar-refractivity contribution in [2.24, 2.45) is 0 Å². The Bertz CT molecular complexity index is 358. The summed E-state index contributed by atoms with van der Waals surface area (Å²) in [4.78, 5) is 23.5. The monoisotopic (exact) mass is 171 g/mol. The third-order valence-electron chi connectivity index (χ3n) is 1.21. The number of nitrogens with one attached hydrogen (secondary N) is 1. The zero-order valence-corrected chi connectivity index (χ0v) is 6.26. The number of halogens is 1. The second kappa shape index (κ2) is 3.17. The third kappa shape index (κ3) is 1.69. The van der Waals surface area contributed by atoms with Crippen molar-refractivity contribution in [2.45, 2.75) is 0 Å². The summed E-state index contributed by atoms with van der Waals surface area (Å²) >= 11 is 0. The van der Waals surface area contributed by atoms with Gasteiger partial charge in [-0.3, -0.25) is 4.79 Å². The van der Waals surface area contributed by atoms with Gasteiger partial charge < -0.3 is 9.72 Å². The molecule has 0 radical (unpaired) electrons. The summed E-state index contributed by atoms with van der Waals surface area (Å²) in [6.45, 7) is 0. The van der Waals surface area contributed by atoms with Gasteiger partial charge in [0.15, 0.2) is 0 Å². The van der Waals surface area contributed by atoms with Gasteiger partial charge in [0.05, 0.1) is 7.11 Å². The topological polar surface area (TPSA) is 59.2 Å². The SMILES string of the molecule is COC(=O)c1cc(F)cc(=O)[nH]1. The predicted molar refractivity (Wildman–Crippen MR) is 38.4 cm³/mol. The molecule has 0 saturated carbocycles. The van der Waals surface area contributed by atoms with Crippen LogP contribution in [0.5, 0.6) is 0 Å². The van der Waals surface area contributed by atoms with Crippen LogP contribution in [0.4, 0.5) is 4.39 Å². The van der Waals surface area contributed by atoms with Crippen molar-refractivity contribution in [1.29, 1.82) is 0 Å². The summed E-state index contributed by atoms with van der Waals surface area (Å²) in [5, 5.41) is 0. The molecule has 0 saturated heterocycles. The van der Waals surface area contributed by atoms with E-state index < -0.39 is 17.3 Å². The lowest BCUT2D eigenvalue weighted by Crippen LogP contribution is -2.13. The minimum Gasteiger partial charge on any atom is -0.464 e. The average Bonchev–Trinajstić information content (AvgIpc) is 2.01. The number of aromatic amines is 1. The summed E-state index contributed by atoms with van der Waals surface area (Å²) in [6.07, 6.45) is 0. The molecule has 0 bridgehead atoms. The van der Waals surface area contributed by atoms with Gasteiger partial charge in [0.25, 0.3) is 5.56 Å². The van der Waals surface area contributed by atoms with E-state index in [-0.39, 0.29) is 5.69 Å². The Kier molecular flexibility index (Phi) is 2.23. The number of carbonyl (C=O) groups is 1. The summed E-state index contributed by atoms with van der Waals surface area (Å²) < 4.78 is 16.8. The Morgan fingerprint density at radius 3 is 2.75 bits per heavy atom. The Morgan fingerprint density at radius 1 is 1.58 bits per heavy atom. The van der Waals surface area contributed by atoms with Crippen molar-refractivity contribution in [3.8, 4) is 0 Å². The number of hydrogen-bond acceptors (Lipinski definition) is 3. The molecule has 0 aromatic carbocycles. The van der Waals surface area contributed by atoms with Crippen molar-refractivity contribution in [3.63, 3.8) is 0 Å². The molecule has 1 N–H and O–H groups in total. The molecule has 1 rings (SSSR count). The number of hydrogen-bond donors (Lipinski definition) is 1. The molecule has 5 heteroatoms. The molecule has 1 heterocycles. The van der Waals surface area contributed by atoms with Crippen molar-refractivity contribution < 1.29 is 13.9 Å². The molecule has 1 aromatic heterocycles. The molecule has 0 aliphatic rings. The lowest BCUT2D eigenvalue weighted by molar-refractivity contribution is 0.0593. The van der Waals surface area contributed by atoms with E-state index >= 15 is 0 Å². The first-order valence-corrected chi connectivity index (χ1v) is 3.11. The van der Waals surface area contributed by atoms with E-state index in [9.17, 15) is 14.0 Å². The van der Waals surface area contributed by atoms with Crippen LogP contribution in [0, 0.1) is 5.82 Å². The van der Waals surface area contributed by atoms with Crippen LogP contribution in [-0.4, -0.2) is 18.1 Å². The highest BCUT2D eigenvalue weighted by Crippen LogP contribution is 1.97. The smallest absolute Gasteiger partial charge is 0.354 e. The van der Waals surface area contributed by atoms with Gasteiger partial charge in [0, 0.05) is 12.1 Å². The van der Waals surface area contributed by atoms with E-state index in [1.165, 1.54) is 0 Å². The summed E-state index contributed by atoms with van der Waals surface area (Å²) in [5.41, 5.74) is -0.863. The number of H-pyrrole nitrogens is 1. The van der Waals surface area contributed by atoms with Crippen LogP contribution in [0.25, 0.3) is 0 Å². The summed E-state index contributed by atoms with van der Waals surface area (Å²) in [6, 6.07) is 1.64. The molecule has 4 nitrogen and oxygen atoms in total. The van der Waals surface area contributed by atoms with Crippen molar-refractivity contribution in [2.75, 3.05) is 7.11 Å². The van der Waals surface area contributed by atoms with Gasteiger partial charge in [-0.1, -0.05) is 0 Å². The minimum absolute atomic E-state index is 0.192. The molecule has 1 aromatic rings. The fourth-order valence-electron chi connectivity index (χ4n) is 0.730. The Balaban J connectivity index is 3.17. The van der Waals surface area contributed by atoms with Crippen LogP contribution in [0.2, 0.25) is 0 Å². The van der Waals surface area contributed by atoms with Crippen molar-refractivity contribution in [3.05, 3.63) is 34.0 Å². The highest BCUT2D eigenvalue weighted by Gasteiger charge is 2.07. The van der Waals surface area contributed by atoms with Crippen LogP contribution in [0.1, 0.15) is 10.5 Å². The Hall–Kier alpha value is -1.65. The van der Waals surface area contributed by atoms with Crippen LogP contribution in [0.3, 0.4) is 0 Å². The van der Waals surface area contributed by atoms with Crippen LogP contribution < -0.4 is 5.56 Å². The number of carbonyl (C=O) groups excluding carboxylic acids is 1. The highest BCUT2D eigenvalue weighted by molar-refractivity contribution is 5.86. The highest BCUT2D eigenvalue weighted by atomic mass is 19.1. The molecule has 0 amide bonds. The van der Waals surface area contributed by atoms with E-state index in [1.54, 1.807) is 0 Å². The van der Waals surface area contributed by atoms with Gasteiger partial charge in [-0.25, -0.2) is 9.18 Å². The maximum Gasteiger partial charge on any atom is 0.354 e. The molecular formula is C7H6FNO3. The van der Waals surface area contributed by atoms with Crippen molar-refractivity contribution in [1.82, 2.24) is 4.98 Å². The quantitative estimate of drug-likeness (QED) is 0.618. The first-order chi connectivity index (χ1) is 5.63. The van der Waals surface area contributed by atoms with Gasteiger partial charge >= 0.3 is 5.97 Å². The number of ether oxygens (including phenoxy) is 1. The molecule has 64 valence electrons. The Morgan fingerprint density at radius 2 is 2.25 bits per heavy atom. The standard InChI is InChI=1S/C7H6FNO3/c1-12-7(11)5-2-4(8)3-6(10)9-5/h2-3H,1H3,(H,9,10). The van der Waals surface area contributed by atoms with Gasteiger partial charge in [-0.05, 0) is 0 Å². The third-order valence-corrected chi connectivity index (χ3v) is 1.21. The second-order valence-corrected chi connectivity index (χ2v) is 2.07. The summed E-state index contributed by atoms with van der Waals surface area (Å²) in [7, 11) is 1.14. The van der Waals surface area contributed by atoms with E-state index in [0.29, 0.717) is 0 Å². The zero-order chi connectivity index (χ0) is 9.14. The van der Waals surface area contributed by atoms with Crippen molar-refractivity contribution >= 4 is 5.97 Å². The largest absolute Gasteiger partial charge is 0.464 e. The van der Waals surface area contributed by atoms with E-state index in [4.69, 9.17) is 0 Å². The molecule has 0 fully saturated rings. The Labute approximate surface area is 67.0 Å². The maximum absolute atomic E-state index is 12.5. The fraction of sp³-hybridized carbons (Fsp3) is 0.143. The van der Waals surface area contributed by atoms with Gasteiger partial charge in [-0.2, -0.15) is 0 Å². The molecule has 0 spiro atoms.